The Morgan fingerprint density at radius 1 is 1.37 bits per heavy atom. The van der Waals surface area contributed by atoms with E-state index in [-0.39, 0.29) is 5.41 Å². The predicted molar refractivity (Wildman–Crippen MR) is 101 cm³/mol. The number of aliphatic hydroxyl groups excluding tert-OH is 1. The Morgan fingerprint density at radius 2 is 2.17 bits per heavy atom. The SMILES string of the molecule is Nc1ncnn2c([C@@H]3O[C@@H]4C(OC(=O)OCC56CCC(CC5)C6)[C@]4(O)[C@H]3O)ccc12. The van der Waals surface area contributed by atoms with E-state index in [4.69, 9.17) is 19.9 Å². The van der Waals surface area contributed by atoms with Gasteiger partial charge in [-0.05, 0) is 50.2 Å². The molecule has 30 heavy (non-hydrogen) atoms. The number of carbonyl (C=O) groups excluding carboxylic acids is 1. The number of nitrogens with zero attached hydrogens (tertiary/aromatic N) is 3. The number of nitrogens with two attached hydrogens (primary N) is 1. The molecule has 0 aromatic carbocycles. The van der Waals surface area contributed by atoms with Crippen LogP contribution in [0.25, 0.3) is 5.52 Å². The monoisotopic (exact) mass is 416 g/mol. The minimum absolute atomic E-state index is 0.0981. The standard InChI is InChI=1S/C20H24N4O6/c21-17-12-2-1-11(24(12)23-9-22-17)13-14(25)20(27)15(29-13)16(20)30-18(26)28-8-19-5-3-10(7-19)4-6-19/h1-2,9-10,13-16,25,27H,3-8H2,(H2,21,22,23)/t10?,13-,14-,15+,16?,19?,20-/m0/s1. The highest BCUT2D eigenvalue weighted by molar-refractivity contribution is 5.65. The number of nitrogen functional groups attached to an aromatic ring is 1. The largest absolute Gasteiger partial charge is 0.508 e. The van der Waals surface area contributed by atoms with E-state index in [2.05, 4.69) is 10.1 Å². The number of hydrogen-bond donors (Lipinski definition) is 3. The summed E-state index contributed by atoms with van der Waals surface area (Å²) in [5.41, 5.74) is 5.38. The van der Waals surface area contributed by atoms with Crippen LogP contribution in [0.1, 0.15) is 43.9 Å². The third-order valence-electron chi connectivity index (χ3n) is 7.54. The van der Waals surface area contributed by atoms with Crippen LogP contribution >= 0.6 is 0 Å². The van der Waals surface area contributed by atoms with Crippen molar-refractivity contribution in [3.8, 4) is 0 Å². The lowest BCUT2D eigenvalue weighted by Crippen LogP contribution is -2.36. The molecule has 4 N–H and O–H groups in total. The first-order chi connectivity index (χ1) is 14.4. The summed E-state index contributed by atoms with van der Waals surface area (Å²) in [7, 11) is 0. The molecule has 1 aliphatic heterocycles. The third-order valence-corrected chi connectivity index (χ3v) is 7.54. The van der Waals surface area contributed by atoms with Gasteiger partial charge in [0.15, 0.2) is 17.5 Å². The van der Waals surface area contributed by atoms with Crippen LogP contribution in [0.15, 0.2) is 18.5 Å². The number of anilines is 1. The Bertz CT molecular complexity index is 1020. The maximum Gasteiger partial charge on any atom is 0.508 e. The second-order valence-electron chi connectivity index (χ2n) is 9.23. The highest BCUT2D eigenvalue weighted by atomic mass is 16.7. The van der Waals surface area contributed by atoms with E-state index in [1.807, 2.05) is 0 Å². The van der Waals surface area contributed by atoms with Gasteiger partial charge in [0.25, 0.3) is 0 Å². The highest BCUT2D eigenvalue weighted by Gasteiger charge is 2.79. The Kier molecular flexibility index (Phi) is 3.70. The van der Waals surface area contributed by atoms with Crippen molar-refractivity contribution in [2.75, 3.05) is 12.3 Å². The third kappa shape index (κ3) is 2.44. The summed E-state index contributed by atoms with van der Waals surface area (Å²) in [6.07, 6.45) is 2.26. The van der Waals surface area contributed by atoms with Gasteiger partial charge in [0.1, 0.15) is 36.8 Å². The molecule has 3 aliphatic carbocycles. The van der Waals surface area contributed by atoms with E-state index in [1.165, 1.54) is 23.7 Å². The van der Waals surface area contributed by atoms with Crippen molar-refractivity contribution in [1.82, 2.24) is 14.6 Å². The molecule has 0 radical (unpaired) electrons. The number of aliphatic hydroxyl groups is 2. The van der Waals surface area contributed by atoms with Gasteiger partial charge in [-0.2, -0.15) is 5.10 Å². The lowest BCUT2D eigenvalue weighted by atomic mass is 9.85. The van der Waals surface area contributed by atoms with E-state index < -0.39 is 36.2 Å². The van der Waals surface area contributed by atoms with Crippen LogP contribution < -0.4 is 5.73 Å². The molecule has 10 heteroatoms. The molecule has 160 valence electrons. The Balaban J connectivity index is 1.11. The van der Waals surface area contributed by atoms with Crippen molar-refractivity contribution >= 4 is 17.5 Å². The van der Waals surface area contributed by atoms with Gasteiger partial charge in [-0.25, -0.2) is 14.3 Å². The lowest BCUT2D eigenvalue weighted by molar-refractivity contribution is -0.0828. The molecule has 5 atom stereocenters. The average molecular weight is 416 g/mol. The fraction of sp³-hybridized carbons (Fsp3) is 0.650. The summed E-state index contributed by atoms with van der Waals surface area (Å²) in [5.74, 6) is 1.06. The van der Waals surface area contributed by atoms with Gasteiger partial charge >= 0.3 is 6.16 Å². The number of rotatable bonds is 4. The average Bonchev–Trinajstić information content (AvgIpc) is 3.29. The number of ether oxygens (including phenoxy) is 3. The van der Waals surface area contributed by atoms with Crippen LogP contribution in [-0.4, -0.2) is 61.5 Å². The lowest BCUT2D eigenvalue weighted by Gasteiger charge is -2.26. The molecule has 2 aromatic heterocycles. The molecule has 1 unspecified atom stereocenters. The molecule has 4 fully saturated rings. The van der Waals surface area contributed by atoms with Crippen LogP contribution in [-0.2, 0) is 14.2 Å². The molecule has 0 amide bonds. The normalized spacial score (nSPS) is 41.2. The topological polar surface area (TPSA) is 141 Å². The van der Waals surface area contributed by atoms with Crippen molar-refractivity contribution in [3.63, 3.8) is 0 Å². The molecule has 0 spiro atoms. The highest BCUT2D eigenvalue weighted by Crippen LogP contribution is 2.57. The first kappa shape index (κ1) is 18.3. The zero-order chi connectivity index (χ0) is 20.7. The zero-order valence-corrected chi connectivity index (χ0v) is 16.3. The van der Waals surface area contributed by atoms with Crippen LogP contribution in [0, 0.1) is 11.3 Å². The molecule has 6 rings (SSSR count). The zero-order valence-electron chi connectivity index (χ0n) is 16.3. The smallest absolute Gasteiger partial charge is 0.434 e. The molecule has 2 aromatic rings. The summed E-state index contributed by atoms with van der Waals surface area (Å²) < 4.78 is 18.0. The second kappa shape index (κ2) is 6.05. The van der Waals surface area contributed by atoms with E-state index in [1.54, 1.807) is 12.1 Å². The molecule has 3 heterocycles. The molecule has 3 saturated carbocycles. The summed E-state index contributed by atoms with van der Waals surface area (Å²) in [4.78, 5) is 16.1. The summed E-state index contributed by atoms with van der Waals surface area (Å²) in [6.45, 7) is 0.349. The predicted octanol–water partition coefficient (Wildman–Crippen LogP) is 0.959. The maximum atomic E-state index is 12.2. The van der Waals surface area contributed by atoms with Crippen molar-refractivity contribution in [1.29, 1.82) is 0 Å². The van der Waals surface area contributed by atoms with Crippen LogP contribution in [0.2, 0.25) is 0 Å². The first-order valence-corrected chi connectivity index (χ1v) is 10.4. The minimum Gasteiger partial charge on any atom is -0.434 e. The number of fused-ring (bicyclic) bond motifs is 4. The van der Waals surface area contributed by atoms with Crippen molar-refractivity contribution in [2.24, 2.45) is 11.3 Å². The summed E-state index contributed by atoms with van der Waals surface area (Å²) in [5, 5.41) is 25.7. The van der Waals surface area contributed by atoms with Crippen molar-refractivity contribution < 1.29 is 29.2 Å². The molecule has 4 aliphatic rings. The minimum atomic E-state index is -1.67. The van der Waals surface area contributed by atoms with Gasteiger partial charge in [0.2, 0.25) is 0 Å². The molecule has 1 saturated heterocycles. The molecule has 2 bridgehead atoms. The van der Waals surface area contributed by atoms with Gasteiger partial charge in [-0.15, -0.1) is 0 Å². The van der Waals surface area contributed by atoms with E-state index in [0.29, 0.717) is 23.6 Å². The Labute approximate surface area is 171 Å². The van der Waals surface area contributed by atoms with Crippen LogP contribution in [0.4, 0.5) is 10.6 Å². The fourth-order valence-electron chi connectivity index (χ4n) is 5.76. The maximum absolute atomic E-state index is 12.2. The second-order valence-corrected chi connectivity index (χ2v) is 9.23. The Hall–Kier alpha value is -2.43. The van der Waals surface area contributed by atoms with E-state index >= 15 is 0 Å². The number of aromatic nitrogens is 3. The van der Waals surface area contributed by atoms with Gasteiger partial charge in [-0.1, -0.05) is 0 Å². The van der Waals surface area contributed by atoms with Crippen LogP contribution in [0.3, 0.4) is 0 Å². The fourth-order valence-corrected chi connectivity index (χ4v) is 5.76. The van der Waals surface area contributed by atoms with E-state index in [9.17, 15) is 15.0 Å². The van der Waals surface area contributed by atoms with Crippen LogP contribution in [0.5, 0.6) is 0 Å². The van der Waals surface area contributed by atoms with Crippen molar-refractivity contribution in [3.05, 3.63) is 24.2 Å². The summed E-state index contributed by atoms with van der Waals surface area (Å²) in [6, 6.07) is 3.43. The van der Waals surface area contributed by atoms with Gasteiger partial charge in [0.05, 0.1) is 5.69 Å². The van der Waals surface area contributed by atoms with Gasteiger partial charge in [-0.3, -0.25) is 0 Å². The first-order valence-electron chi connectivity index (χ1n) is 10.4. The molecular weight excluding hydrogens is 392 g/mol. The van der Waals surface area contributed by atoms with Crippen molar-refractivity contribution in [2.45, 2.75) is 62.1 Å². The number of carbonyl (C=O) groups is 1. The quantitative estimate of drug-likeness (QED) is 0.621. The Morgan fingerprint density at radius 3 is 2.83 bits per heavy atom. The molecule has 10 nitrogen and oxygen atoms in total. The number of hydrogen-bond acceptors (Lipinski definition) is 9. The van der Waals surface area contributed by atoms with Gasteiger partial charge in [0, 0.05) is 5.41 Å². The summed E-state index contributed by atoms with van der Waals surface area (Å²) >= 11 is 0. The van der Waals surface area contributed by atoms with E-state index in [0.717, 1.165) is 25.2 Å². The molecular formula is C20H24N4O6. The van der Waals surface area contributed by atoms with Gasteiger partial charge < -0.3 is 30.2 Å².